The molecule has 1 N–H and O–H groups in total. The number of sulfonamides is 1. The molecule has 1 aromatic carbocycles. The second-order valence-corrected chi connectivity index (χ2v) is 8.22. The standard InChI is InChI=1S/C18H19N3O2S2/c1-2-14-3-5-16(6-4-14)25(22,23)20-12-9-18-21-17(13-24-18)15-7-10-19-11-8-15/h3-8,10-11,13,20H,2,9,12H2,1H3. The molecule has 5 nitrogen and oxygen atoms in total. The van der Waals surface area contributed by atoms with E-state index < -0.39 is 10.0 Å². The SMILES string of the molecule is CCc1ccc(S(=O)(=O)NCCc2nc(-c3ccncc3)cs2)cc1. The summed E-state index contributed by atoms with van der Waals surface area (Å²) in [5.41, 5.74) is 3.01. The van der Waals surface area contributed by atoms with Gasteiger partial charge in [0.15, 0.2) is 0 Å². The average molecular weight is 374 g/mol. The molecule has 0 spiro atoms. The van der Waals surface area contributed by atoms with Crippen molar-refractivity contribution in [3.63, 3.8) is 0 Å². The Balaban J connectivity index is 1.59. The number of hydrogen-bond acceptors (Lipinski definition) is 5. The van der Waals surface area contributed by atoms with Crippen molar-refractivity contribution in [1.29, 1.82) is 0 Å². The van der Waals surface area contributed by atoms with E-state index in [1.54, 1.807) is 24.5 Å². The largest absolute Gasteiger partial charge is 0.265 e. The van der Waals surface area contributed by atoms with Crippen LogP contribution in [0.15, 0.2) is 59.1 Å². The molecule has 2 heterocycles. The van der Waals surface area contributed by atoms with Crippen molar-refractivity contribution in [2.75, 3.05) is 6.54 Å². The van der Waals surface area contributed by atoms with Crippen LogP contribution in [0.4, 0.5) is 0 Å². The van der Waals surface area contributed by atoms with E-state index in [1.165, 1.54) is 11.3 Å². The van der Waals surface area contributed by atoms with E-state index in [4.69, 9.17) is 0 Å². The highest BCUT2D eigenvalue weighted by Crippen LogP contribution is 2.21. The van der Waals surface area contributed by atoms with Crippen molar-refractivity contribution in [3.05, 3.63) is 64.7 Å². The number of aromatic nitrogens is 2. The van der Waals surface area contributed by atoms with Gasteiger partial charge in [0.05, 0.1) is 15.6 Å². The van der Waals surface area contributed by atoms with Crippen molar-refractivity contribution < 1.29 is 8.42 Å². The number of hydrogen-bond donors (Lipinski definition) is 1. The van der Waals surface area contributed by atoms with E-state index in [-0.39, 0.29) is 0 Å². The van der Waals surface area contributed by atoms with E-state index in [9.17, 15) is 8.42 Å². The summed E-state index contributed by atoms with van der Waals surface area (Å²) in [7, 11) is -3.48. The van der Waals surface area contributed by atoms with Crippen LogP contribution in [-0.2, 0) is 22.9 Å². The van der Waals surface area contributed by atoms with Gasteiger partial charge in [0, 0.05) is 36.3 Å². The van der Waals surface area contributed by atoms with Gasteiger partial charge in [0.25, 0.3) is 0 Å². The van der Waals surface area contributed by atoms with E-state index in [1.807, 2.05) is 36.6 Å². The summed E-state index contributed by atoms with van der Waals surface area (Å²) in [5.74, 6) is 0. The van der Waals surface area contributed by atoms with E-state index >= 15 is 0 Å². The van der Waals surface area contributed by atoms with Gasteiger partial charge in [-0.2, -0.15) is 0 Å². The van der Waals surface area contributed by atoms with Gasteiger partial charge in [-0.3, -0.25) is 4.98 Å². The van der Waals surface area contributed by atoms with Crippen LogP contribution in [0.25, 0.3) is 11.3 Å². The fourth-order valence-electron chi connectivity index (χ4n) is 2.36. The molecule has 0 bridgehead atoms. The van der Waals surface area contributed by atoms with Crippen molar-refractivity contribution in [3.8, 4) is 11.3 Å². The van der Waals surface area contributed by atoms with Crippen LogP contribution in [0, 0.1) is 0 Å². The Morgan fingerprint density at radius 2 is 1.80 bits per heavy atom. The fraction of sp³-hybridized carbons (Fsp3) is 0.222. The first-order valence-corrected chi connectivity index (χ1v) is 10.4. The van der Waals surface area contributed by atoms with Crippen LogP contribution >= 0.6 is 11.3 Å². The predicted molar refractivity (Wildman–Crippen MR) is 100 cm³/mol. The topological polar surface area (TPSA) is 72.0 Å². The molecule has 0 radical (unpaired) electrons. The summed E-state index contributed by atoms with van der Waals surface area (Å²) in [4.78, 5) is 8.84. The van der Waals surface area contributed by atoms with Crippen LogP contribution in [0.2, 0.25) is 0 Å². The zero-order valence-corrected chi connectivity index (χ0v) is 15.5. The lowest BCUT2D eigenvalue weighted by atomic mass is 10.2. The van der Waals surface area contributed by atoms with Crippen LogP contribution in [0.1, 0.15) is 17.5 Å². The van der Waals surface area contributed by atoms with Gasteiger partial charge in [-0.1, -0.05) is 19.1 Å². The Morgan fingerprint density at radius 1 is 1.08 bits per heavy atom. The lowest BCUT2D eigenvalue weighted by molar-refractivity contribution is 0.581. The lowest BCUT2D eigenvalue weighted by Crippen LogP contribution is -2.26. The molecular weight excluding hydrogens is 354 g/mol. The molecule has 3 aromatic rings. The third kappa shape index (κ3) is 4.50. The van der Waals surface area contributed by atoms with Gasteiger partial charge in [-0.05, 0) is 36.2 Å². The van der Waals surface area contributed by atoms with Crippen molar-refractivity contribution in [2.24, 2.45) is 0 Å². The highest BCUT2D eigenvalue weighted by Gasteiger charge is 2.13. The summed E-state index contributed by atoms with van der Waals surface area (Å²) in [5, 5.41) is 2.87. The van der Waals surface area contributed by atoms with Gasteiger partial charge < -0.3 is 0 Å². The molecule has 0 unspecified atom stereocenters. The quantitative estimate of drug-likeness (QED) is 0.690. The van der Waals surface area contributed by atoms with Crippen LogP contribution in [0.3, 0.4) is 0 Å². The molecule has 0 amide bonds. The molecule has 7 heteroatoms. The lowest BCUT2D eigenvalue weighted by Gasteiger charge is -2.06. The molecule has 3 rings (SSSR count). The molecule has 2 aromatic heterocycles. The molecule has 0 atom stereocenters. The van der Waals surface area contributed by atoms with Gasteiger partial charge in [-0.15, -0.1) is 11.3 Å². The maximum absolute atomic E-state index is 12.3. The Morgan fingerprint density at radius 3 is 2.48 bits per heavy atom. The Kier molecular flexibility index (Phi) is 5.57. The number of benzene rings is 1. The molecule has 130 valence electrons. The monoisotopic (exact) mass is 373 g/mol. The summed E-state index contributed by atoms with van der Waals surface area (Å²) in [6.45, 7) is 2.36. The van der Waals surface area contributed by atoms with Gasteiger partial charge in [0.2, 0.25) is 10.0 Å². The first-order chi connectivity index (χ1) is 12.1. The number of aryl methyl sites for hydroxylation is 1. The Labute approximate surface area is 151 Å². The summed E-state index contributed by atoms with van der Waals surface area (Å²) in [6, 6.07) is 10.8. The van der Waals surface area contributed by atoms with Crippen LogP contribution < -0.4 is 4.72 Å². The second-order valence-electron chi connectivity index (χ2n) is 5.51. The highest BCUT2D eigenvalue weighted by molar-refractivity contribution is 7.89. The number of nitrogens with one attached hydrogen (secondary N) is 1. The third-order valence-electron chi connectivity index (χ3n) is 3.80. The molecule has 0 aliphatic rings. The number of nitrogens with zero attached hydrogens (tertiary/aromatic N) is 2. The maximum atomic E-state index is 12.3. The molecule has 25 heavy (non-hydrogen) atoms. The Hall–Kier alpha value is -2.09. The van der Waals surface area contributed by atoms with E-state index in [0.717, 1.165) is 28.2 Å². The van der Waals surface area contributed by atoms with Gasteiger partial charge in [0.1, 0.15) is 0 Å². The number of rotatable bonds is 7. The van der Waals surface area contributed by atoms with Gasteiger partial charge in [-0.25, -0.2) is 18.1 Å². The molecule has 0 saturated heterocycles. The molecule has 0 aliphatic heterocycles. The number of pyridine rings is 1. The highest BCUT2D eigenvalue weighted by atomic mass is 32.2. The van der Waals surface area contributed by atoms with Crippen molar-refractivity contribution in [1.82, 2.24) is 14.7 Å². The second kappa shape index (κ2) is 7.86. The zero-order chi connectivity index (χ0) is 17.7. The van der Waals surface area contributed by atoms with Crippen LogP contribution in [-0.4, -0.2) is 24.9 Å². The molecular formula is C18H19N3O2S2. The minimum Gasteiger partial charge on any atom is -0.265 e. The van der Waals surface area contributed by atoms with E-state index in [2.05, 4.69) is 14.7 Å². The minimum absolute atomic E-state index is 0.293. The van der Waals surface area contributed by atoms with Crippen LogP contribution in [0.5, 0.6) is 0 Å². The van der Waals surface area contributed by atoms with Gasteiger partial charge >= 0.3 is 0 Å². The fourth-order valence-corrected chi connectivity index (χ4v) is 4.20. The maximum Gasteiger partial charge on any atom is 0.240 e. The first-order valence-electron chi connectivity index (χ1n) is 8.02. The minimum atomic E-state index is -3.48. The third-order valence-corrected chi connectivity index (χ3v) is 6.19. The molecule has 0 fully saturated rings. The van der Waals surface area contributed by atoms with Crippen molar-refractivity contribution in [2.45, 2.75) is 24.7 Å². The number of thiazole rings is 1. The van der Waals surface area contributed by atoms with E-state index in [0.29, 0.717) is 17.9 Å². The van der Waals surface area contributed by atoms with Crippen molar-refractivity contribution >= 4 is 21.4 Å². The predicted octanol–water partition coefficient (Wildman–Crippen LogP) is 3.29. The normalized spacial score (nSPS) is 11.6. The summed E-state index contributed by atoms with van der Waals surface area (Å²) in [6.07, 6.45) is 4.90. The molecule has 0 saturated carbocycles. The first kappa shape index (κ1) is 17.7. The smallest absolute Gasteiger partial charge is 0.240 e. The average Bonchev–Trinajstić information content (AvgIpc) is 3.11. The summed E-state index contributed by atoms with van der Waals surface area (Å²) >= 11 is 1.53. The molecule has 0 aliphatic carbocycles. The zero-order valence-electron chi connectivity index (χ0n) is 13.8. The Bertz CT molecular complexity index is 920. The summed E-state index contributed by atoms with van der Waals surface area (Å²) < 4.78 is 27.3.